The molecule has 122 valence electrons. The third kappa shape index (κ3) is 3.68. The van der Waals surface area contributed by atoms with Crippen molar-refractivity contribution in [3.8, 4) is 5.69 Å². The van der Waals surface area contributed by atoms with Crippen molar-refractivity contribution in [2.45, 2.75) is 13.8 Å². The molecule has 0 unspecified atom stereocenters. The van der Waals surface area contributed by atoms with Gasteiger partial charge >= 0.3 is 0 Å². The summed E-state index contributed by atoms with van der Waals surface area (Å²) in [7, 11) is 0. The molecule has 0 amide bonds. The summed E-state index contributed by atoms with van der Waals surface area (Å²) in [5.41, 5.74) is 5.36. The SMILES string of the molecule is Cc1ccc(C)n1-c1ccccc1NC(=S)Nc1cccc(Br)c1. The lowest BCUT2D eigenvalue weighted by Gasteiger charge is -2.17. The maximum absolute atomic E-state index is 5.47. The average Bonchev–Trinajstić information content (AvgIpc) is 2.87. The van der Waals surface area contributed by atoms with Crippen LogP contribution in [0.3, 0.4) is 0 Å². The molecule has 5 heteroatoms. The van der Waals surface area contributed by atoms with Crippen LogP contribution in [0.5, 0.6) is 0 Å². The number of aryl methyl sites for hydroxylation is 2. The molecule has 0 aliphatic rings. The van der Waals surface area contributed by atoms with Crippen LogP contribution in [0.2, 0.25) is 0 Å². The van der Waals surface area contributed by atoms with Gasteiger partial charge in [-0.3, -0.25) is 0 Å². The van der Waals surface area contributed by atoms with E-state index in [9.17, 15) is 0 Å². The fourth-order valence-corrected chi connectivity index (χ4v) is 3.30. The smallest absolute Gasteiger partial charge is 0.175 e. The highest BCUT2D eigenvalue weighted by Crippen LogP contribution is 2.24. The molecule has 1 heterocycles. The molecule has 0 radical (unpaired) electrons. The van der Waals surface area contributed by atoms with Gasteiger partial charge in [0.15, 0.2) is 5.11 Å². The molecule has 0 fully saturated rings. The first-order valence-electron chi connectivity index (χ1n) is 7.62. The zero-order valence-corrected chi connectivity index (χ0v) is 15.9. The molecule has 3 rings (SSSR count). The van der Waals surface area contributed by atoms with Gasteiger partial charge in [0, 0.05) is 21.5 Å². The van der Waals surface area contributed by atoms with Crippen molar-refractivity contribution in [2.75, 3.05) is 10.6 Å². The van der Waals surface area contributed by atoms with E-state index < -0.39 is 0 Å². The van der Waals surface area contributed by atoms with Gasteiger partial charge < -0.3 is 15.2 Å². The zero-order chi connectivity index (χ0) is 17.1. The van der Waals surface area contributed by atoms with Crippen LogP contribution < -0.4 is 10.6 Å². The number of aromatic nitrogens is 1. The molecule has 1 aromatic heterocycles. The highest BCUT2D eigenvalue weighted by molar-refractivity contribution is 9.10. The summed E-state index contributed by atoms with van der Waals surface area (Å²) >= 11 is 8.93. The predicted molar refractivity (Wildman–Crippen MR) is 109 cm³/mol. The molecule has 0 saturated heterocycles. The van der Waals surface area contributed by atoms with Crippen molar-refractivity contribution < 1.29 is 0 Å². The van der Waals surface area contributed by atoms with Gasteiger partial charge in [0.25, 0.3) is 0 Å². The lowest BCUT2D eigenvalue weighted by molar-refractivity contribution is 0.968. The molecule has 0 aliphatic carbocycles. The van der Waals surface area contributed by atoms with Gasteiger partial charge in [-0.05, 0) is 68.5 Å². The first-order chi connectivity index (χ1) is 11.5. The lowest BCUT2D eigenvalue weighted by Crippen LogP contribution is -2.20. The van der Waals surface area contributed by atoms with E-state index in [1.165, 1.54) is 11.4 Å². The van der Waals surface area contributed by atoms with Crippen LogP contribution in [-0.2, 0) is 0 Å². The second-order valence-electron chi connectivity index (χ2n) is 5.56. The van der Waals surface area contributed by atoms with Gasteiger partial charge in [0.05, 0.1) is 11.4 Å². The Hall–Kier alpha value is -2.11. The average molecular weight is 400 g/mol. The number of nitrogens with one attached hydrogen (secondary N) is 2. The first-order valence-corrected chi connectivity index (χ1v) is 8.82. The second kappa shape index (κ2) is 7.20. The van der Waals surface area contributed by atoms with Gasteiger partial charge in [0.2, 0.25) is 0 Å². The Balaban J connectivity index is 1.85. The Morgan fingerprint density at radius 1 is 0.917 bits per heavy atom. The molecule has 0 bridgehead atoms. The molecule has 2 aromatic carbocycles. The summed E-state index contributed by atoms with van der Waals surface area (Å²) in [6.45, 7) is 4.20. The predicted octanol–water partition coefficient (Wildman–Crippen LogP) is 5.67. The number of halogens is 1. The molecule has 0 atom stereocenters. The monoisotopic (exact) mass is 399 g/mol. The normalized spacial score (nSPS) is 10.5. The molecule has 0 saturated carbocycles. The molecule has 3 aromatic rings. The Morgan fingerprint density at radius 3 is 2.33 bits per heavy atom. The molecular weight excluding hydrogens is 382 g/mol. The van der Waals surface area contributed by atoms with Gasteiger partial charge in [-0.25, -0.2) is 0 Å². The number of anilines is 2. The number of benzene rings is 2. The van der Waals surface area contributed by atoms with Crippen molar-refractivity contribution in [1.82, 2.24) is 4.57 Å². The standard InChI is InChI=1S/C19H18BrN3S/c1-13-10-11-14(2)23(13)18-9-4-3-8-17(18)22-19(24)21-16-7-5-6-15(20)12-16/h3-12H,1-2H3,(H2,21,22,24). The van der Waals surface area contributed by atoms with Crippen molar-refractivity contribution in [3.05, 3.63) is 76.5 Å². The lowest BCUT2D eigenvalue weighted by atomic mass is 10.2. The third-order valence-corrected chi connectivity index (χ3v) is 4.44. The summed E-state index contributed by atoms with van der Waals surface area (Å²) in [4.78, 5) is 0. The molecule has 3 nitrogen and oxygen atoms in total. The number of para-hydroxylation sites is 2. The van der Waals surface area contributed by atoms with E-state index >= 15 is 0 Å². The summed E-state index contributed by atoms with van der Waals surface area (Å²) in [6, 6.07) is 20.3. The number of nitrogens with zero attached hydrogens (tertiary/aromatic N) is 1. The van der Waals surface area contributed by atoms with E-state index in [2.05, 4.69) is 63.2 Å². The topological polar surface area (TPSA) is 29.0 Å². The van der Waals surface area contributed by atoms with Crippen molar-refractivity contribution in [1.29, 1.82) is 0 Å². The molecule has 0 aliphatic heterocycles. The van der Waals surface area contributed by atoms with Crippen LogP contribution in [0, 0.1) is 13.8 Å². The van der Waals surface area contributed by atoms with E-state index in [1.54, 1.807) is 0 Å². The first kappa shape index (κ1) is 16.7. The van der Waals surface area contributed by atoms with Crippen LogP contribution in [0.1, 0.15) is 11.4 Å². The van der Waals surface area contributed by atoms with Crippen LogP contribution >= 0.6 is 28.1 Å². The minimum absolute atomic E-state index is 0.558. The van der Waals surface area contributed by atoms with E-state index in [0.717, 1.165) is 21.5 Å². The third-order valence-electron chi connectivity index (χ3n) is 3.75. The minimum atomic E-state index is 0.558. The summed E-state index contributed by atoms with van der Waals surface area (Å²) in [5.74, 6) is 0. The number of rotatable bonds is 3. The Morgan fingerprint density at radius 2 is 1.62 bits per heavy atom. The number of hydrogen-bond donors (Lipinski definition) is 2. The second-order valence-corrected chi connectivity index (χ2v) is 6.88. The van der Waals surface area contributed by atoms with Crippen molar-refractivity contribution in [2.24, 2.45) is 0 Å². The molecule has 0 spiro atoms. The van der Waals surface area contributed by atoms with Gasteiger partial charge in [0.1, 0.15) is 0 Å². The van der Waals surface area contributed by atoms with Crippen LogP contribution in [-0.4, -0.2) is 9.68 Å². The molecular formula is C19H18BrN3S. The minimum Gasteiger partial charge on any atom is -0.332 e. The van der Waals surface area contributed by atoms with Crippen molar-refractivity contribution >= 4 is 44.6 Å². The fraction of sp³-hybridized carbons (Fsp3) is 0.105. The van der Waals surface area contributed by atoms with Crippen LogP contribution in [0.15, 0.2) is 65.1 Å². The van der Waals surface area contributed by atoms with E-state index in [-0.39, 0.29) is 0 Å². The van der Waals surface area contributed by atoms with E-state index in [4.69, 9.17) is 12.2 Å². The molecule has 2 N–H and O–H groups in total. The summed E-state index contributed by atoms with van der Waals surface area (Å²) < 4.78 is 3.22. The van der Waals surface area contributed by atoms with Crippen LogP contribution in [0.25, 0.3) is 5.69 Å². The maximum atomic E-state index is 5.47. The summed E-state index contributed by atoms with van der Waals surface area (Å²) in [5, 5.41) is 7.08. The Labute approximate surface area is 155 Å². The number of thiocarbonyl (C=S) groups is 1. The summed E-state index contributed by atoms with van der Waals surface area (Å²) in [6.07, 6.45) is 0. The zero-order valence-electron chi connectivity index (χ0n) is 13.5. The maximum Gasteiger partial charge on any atom is 0.175 e. The van der Waals surface area contributed by atoms with Crippen molar-refractivity contribution in [3.63, 3.8) is 0 Å². The number of hydrogen-bond acceptors (Lipinski definition) is 1. The Bertz CT molecular complexity index is 866. The fourth-order valence-electron chi connectivity index (χ4n) is 2.67. The molecule has 24 heavy (non-hydrogen) atoms. The van der Waals surface area contributed by atoms with Crippen LogP contribution in [0.4, 0.5) is 11.4 Å². The van der Waals surface area contributed by atoms with Gasteiger partial charge in [-0.1, -0.05) is 34.1 Å². The Kier molecular flexibility index (Phi) is 5.02. The highest BCUT2D eigenvalue weighted by Gasteiger charge is 2.09. The van der Waals surface area contributed by atoms with E-state index in [1.807, 2.05) is 42.5 Å². The van der Waals surface area contributed by atoms with Gasteiger partial charge in [-0.15, -0.1) is 0 Å². The van der Waals surface area contributed by atoms with Gasteiger partial charge in [-0.2, -0.15) is 0 Å². The largest absolute Gasteiger partial charge is 0.332 e. The highest BCUT2D eigenvalue weighted by atomic mass is 79.9. The van der Waals surface area contributed by atoms with E-state index in [0.29, 0.717) is 5.11 Å². The quantitative estimate of drug-likeness (QED) is 0.556.